The molecule has 0 fully saturated rings. The monoisotopic (exact) mass is 298 g/mol. The minimum Gasteiger partial charge on any atom is -0.282 e. The molecule has 1 N–H and O–H groups in total. The van der Waals surface area contributed by atoms with Crippen molar-refractivity contribution in [1.82, 2.24) is 0 Å². The summed E-state index contributed by atoms with van der Waals surface area (Å²) in [6, 6.07) is 5.21. The van der Waals surface area contributed by atoms with Crippen LogP contribution in [-0.2, 0) is 23.0 Å². The van der Waals surface area contributed by atoms with E-state index in [2.05, 4.69) is 6.92 Å². The highest BCUT2D eigenvalue weighted by molar-refractivity contribution is 7.85. The number of hydrogen-bond donors (Lipinski definition) is 1. The molecule has 3 nitrogen and oxygen atoms in total. The summed E-state index contributed by atoms with van der Waals surface area (Å²) in [6.07, 6.45) is 8.42. The van der Waals surface area contributed by atoms with Crippen molar-refractivity contribution >= 4 is 10.1 Å². The standard InChI is InChI=1S/C16H26O3S/c1-3-5-6-7-8-11-14-12-9-13-16(20(17,18)19)15(14)10-4-2/h9,12-13H,3-8,10-11H2,1-2H3,(H,17,18,19). The van der Waals surface area contributed by atoms with Crippen molar-refractivity contribution in [1.29, 1.82) is 0 Å². The lowest BCUT2D eigenvalue weighted by molar-refractivity contribution is 0.481. The Morgan fingerprint density at radius 2 is 1.65 bits per heavy atom. The van der Waals surface area contributed by atoms with E-state index in [1.54, 1.807) is 6.07 Å². The van der Waals surface area contributed by atoms with Gasteiger partial charge < -0.3 is 0 Å². The van der Waals surface area contributed by atoms with E-state index in [0.29, 0.717) is 6.42 Å². The smallest absolute Gasteiger partial charge is 0.282 e. The van der Waals surface area contributed by atoms with E-state index >= 15 is 0 Å². The van der Waals surface area contributed by atoms with Gasteiger partial charge in [0.25, 0.3) is 10.1 Å². The van der Waals surface area contributed by atoms with Gasteiger partial charge in [0.05, 0.1) is 4.90 Å². The topological polar surface area (TPSA) is 54.4 Å². The van der Waals surface area contributed by atoms with Crippen molar-refractivity contribution in [3.8, 4) is 0 Å². The first-order valence-corrected chi connectivity index (χ1v) is 9.03. The van der Waals surface area contributed by atoms with Gasteiger partial charge in [-0.25, -0.2) is 0 Å². The third kappa shape index (κ3) is 5.25. The zero-order chi connectivity index (χ0) is 15.0. The van der Waals surface area contributed by atoms with E-state index in [0.717, 1.165) is 30.4 Å². The van der Waals surface area contributed by atoms with E-state index in [-0.39, 0.29) is 4.90 Å². The van der Waals surface area contributed by atoms with Crippen LogP contribution in [0.25, 0.3) is 0 Å². The summed E-state index contributed by atoms with van der Waals surface area (Å²) in [6.45, 7) is 4.21. The van der Waals surface area contributed by atoms with E-state index < -0.39 is 10.1 Å². The van der Waals surface area contributed by atoms with Crippen LogP contribution in [0.1, 0.15) is 63.5 Å². The molecule has 0 aliphatic carbocycles. The fourth-order valence-corrected chi connectivity index (χ4v) is 3.33. The molecule has 1 rings (SSSR count). The highest BCUT2D eigenvalue weighted by atomic mass is 32.2. The van der Waals surface area contributed by atoms with Gasteiger partial charge in [-0.2, -0.15) is 8.42 Å². The molecular formula is C16H26O3S. The molecule has 4 heteroatoms. The highest BCUT2D eigenvalue weighted by Gasteiger charge is 2.17. The van der Waals surface area contributed by atoms with E-state index in [9.17, 15) is 13.0 Å². The second-order valence-corrected chi connectivity index (χ2v) is 6.67. The van der Waals surface area contributed by atoms with Gasteiger partial charge in [0, 0.05) is 0 Å². The second kappa shape index (κ2) is 8.42. The van der Waals surface area contributed by atoms with Gasteiger partial charge in [-0.05, 0) is 36.5 Å². The minimum atomic E-state index is -4.12. The van der Waals surface area contributed by atoms with Gasteiger partial charge >= 0.3 is 0 Å². The van der Waals surface area contributed by atoms with Crippen molar-refractivity contribution < 1.29 is 13.0 Å². The van der Waals surface area contributed by atoms with E-state index in [4.69, 9.17) is 0 Å². The molecule has 0 aliphatic rings. The third-order valence-electron chi connectivity index (χ3n) is 3.56. The van der Waals surface area contributed by atoms with Crippen LogP contribution >= 0.6 is 0 Å². The average Bonchev–Trinajstić information content (AvgIpc) is 2.39. The molecular weight excluding hydrogens is 272 g/mol. The summed E-state index contributed by atoms with van der Waals surface area (Å²) < 4.78 is 32.2. The van der Waals surface area contributed by atoms with Crippen LogP contribution < -0.4 is 0 Å². The Balaban J connectivity index is 2.84. The lowest BCUT2D eigenvalue weighted by Gasteiger charge is -2.12. The Kier molecular flexibility index (Phi) is 7.24. The van der Waals surface area contributed by atoms with E-state index in [1.807, 2.05) is 13.0 Å². The maximum atomic E-state index is 11.5. The lowest BCUT2D eigenvalue weighted by Crippen LogP contribution is -2.06. The van der Waals surface area contributed by atoms with E-state index in [1.165, 1.54) is 31.7 Å². The molecule has 0 aliphatic heterocycles. The summed E-state index contributed by atoms with van der Waals surface area (Å²) >= 11 is 0. The van der Waals surface area contributed by atoms with Crippen molar-refractivity contribution in [2.45, 2.75) is 70.1 Å². The Labute approximate surface area is 123 Å². The fourth-order valence-electron chi connectivity index (χ4n) is 2.54. The van der Waals surface area contributed by atoms with Gasteiger partial charge in [0.2, 0.25) is 0 Å². The molecule has 114 valence electrons. The number of benzene rings is 1. The molecule has 1 aromatic carbocycles. The molecule has 1 aromatic rings. The molecule has 0 radical (unpaired) electrons. The predicted octanol–water partition coefficient (Wildman–Crippen LogP) is 4.40. The Morgan fingerprint density at radius 3 is 2.25 bits per heavy atom. The van der Waals surface area contributed by atoms with Crippen LogP contribution in [0.2, 0.25) is 0 Å². The van der Waals surface area contributed by atoms with Crippen LogP contribution in [0.15, 0.2) is 23.1 Å². The molecule has 0 saturated heterocycles. The number of aryl methyl sites for hydroxylation is 1. The molecule has 0 heterocycles. The van der Waals surface area contributed by atoms with Crippen molar-refractivity contribution in [2.24, 2.45) is 0 Å². The molecule has 0 saturated carbocycles. The summed E-state index contributed by atoms with van der Waals surface area (Å²) in [5.74, 6) is 0. The molecule has 0 unspecified atom stereocenters. The average molecular weight is 298 g/mol. The zero-order valence-corrected chi connectivity index (χ0v) is 13.4. The highest BCUT2D eigenvalue weighted by Crippen LogP contribution is 2.23. The molecule has 0 atom stereocenters. The third-order valence-corrected chi connectivity index (χ3v) is 4.50. The quantitative estimate of drug-likeness (QED) is 0.543. The maximum Gasteiger partial charge on any atom is 0.294 e. The summed E-state index contributed by atoms with van der Waals surface area (Å²) in [4.78, 5) is 0.0883. The van der Waals surface area contributed by atoms with Crippen LogP contribution in [-0.4, -0.2) is 13.0 Å². The van der Waals surface area contributed by atoms with Gasteiger partial charge in [-0.15, -0.1) is 0 Å². The van der Waals surface area contributed by atoms with Gasteiger partial charge in [0.15, 0.2) is 0 Å². The first kappa shape index (κ1) is 17.2. The first-order valence-electron chi connectivity index (χ1n) is 7.59. The number of hydrogen-bond acceptors (Lipinski definition) is 2. The lowest BCUT2D eigenvalue weighted by atomic mass is 9.98. The molecule has 0 aromatic heterocycles. The largest absolute Gasteiger partial charge is 0.294 e. The Hall–Kier alpha value is -0.870. The normalized spacial score (nSPS) is 11.8. The molecule has 0 amide bonds. The van der Waals surface area contributed by atoms with Gasteiger partial charge in [-0.3, -0.25) is 4.55 Å². The number of rotatable bonds is 9. The molecule has 20 heavy (non-hydrogen) atoms. The van der Waals surface area contributed by atoms with Crippen LogP contribution in [0, 0.1) is 0 Å². The minimum absolute atomic E-state index is 0.0883. The second-order valence-electron chi connectivity index (χ2n) is 5.28. The van der Waals surface area contributed by atoms with Crippen LogP contribution in [0.3, 0.4) is 0 Å². The van der Waals surface area contributed by atoms with Crippen LogP contribution in [0.4, 0.5) is 0 Å². The fraction of sp³-hybridized carbons (Fsp3) is 0.625. The Morgan fingerprint density at radius 1 is 0.950 bits per heavy atom. The summed E-state index contributed by atoms with van der Waals surface area (Å²) in [5, 5.41) is 0. The molecule has 0 spiro atoms. The maximum absolute atomic E-state index is 11.5. The van der Waals surface area contributed by atoms with Gasteiger partial charge in [-0.1, -0.05) is 58.1 Å². The number of unbranched alkanes of at least 4 members (excludes halogenated alkanes) is 4. The summed E-state index contributed by atoms with van der Waals surface area (Å²) in [5.41, 5.74) is 1.87. The summed E-state index contributed by atoms with van der Waals surface area (Å²) in [7, 11) is -4.12. The zero-order valence-electron chi connectivity index (χ0n) is 12.6. The van der Waals surface area contributed by atoms with Crippen molar-refractivity contribution in [3.05, 3.63) is 29.3 Å². The Bertz CT molecular complexity index is 506. The van der Waals surface area contributed by atoms with Crippen molar-refractivity contribution in [2.75, 3.05) is 0 Å². The molecule has 0 bridgehead atoms. The van der Waals surface area contributed by atoms with Gasteiger partial charge in [0.1, 0.15) is 0 Å². The predicted molar refractivity (Wildman–Crippen MR) is 82.7 cm³/mol. The van der Waals surface area contributed by atoms with Crippen LogP contribution in [0.5, 0.6) is 0 Å². The van der Waals surface area contributed by atoms with Crippen molar-refractivity contribution in [3.63, 3.8) is 0 Å². The SMILES string of the molecule is CCCCCCCc1cccc(S(=O)(=O)O)c1CCC. The first-order chi connectivity index (χ1) is 9.50.